The van der Waals surface area contributed by atoms with E-state index in [1.54, 1.807) is 0 Å². The highest BCUT2D eigenvalue weighted by molar-refractivity contribution is 4.75. The standard InChI is InChI=1S/C17H37N3O/c1-15(2)11-19(6)12-16-13-20(9-10-21-16)8-7-18-14-17(3,4)5/h15-16,18H,7-14H2,1-6H3/t16-/m0/s1. The minimum absolute atomic E-state index is 0.366. The average molecular weight is 300 g/mol. The van der Waals surface area contributed by atoms with Gasteiger partial charge in [0, 0.05) is 45.8 Å². The molecule has 4 heteroatoms. The summed E-state index contributed by atoms with van der Waals surface area (Å²) in [7, 11) is 2.20. The lowest BCUT2D eigenvalue weighted by Crippen LogP contribution is -2.49. The predicted octanol–water partition coefficient (Wildman–Crippen LogP) is 1.91. The molecule has 4 nitrogen and oxygen atoms in total. The van der Waals surface area contributed by atoms with E-state index in [2.05, 4.69) is 56.8 Å². The molecule has 0 spiro atoms. The van der Waals surface area contributed by atoms with E-state index in [0.717, 1.165) is 58.3 Å². The molecule has 1 aliphatic rings. The van der Waals surface area contributed by atoms with Crippen LogP contribution in [-0.2, 0) is 4.74 Å². The van der Waals surface area contributed by atoms with Crippen LogP contribution in [0.4, 0.5) is 0 Å². The van der Waals surface area contributed by atoms with Gasteiger partial charge in [-0.2, -0.15) is 0 Å². The first kappa shape index (κ1) is 18.9. The van der Waals surface area contributed by atoms with Gasteiger partial charge in [0.25, 0.3) is 0 Å². The Balaban J connectivity index is 2.19. The third-order valence-electron chi connectivity index (χ3n) is 3.68. The monoisotopic (exact) mass is 299 g/mol. The van der Waals surface area contributed by atoms with Gasteiger partial charge in [0.05, 0.1) is 12.7 Å². The zero-order valence-electron chi connectivity index (χ0n) is 15.1. The van der Waals surface area contributed by atoms with Gasteiger partial charge in [-0.25, -0.2) is 0 Å². The molecule has 0 aromatic rings. The van der Waals surface area contributed by atoms with E-state index in [-0.39, 0.29) is 0 Å². The van der Waals surface area contributed by atoms with E-state index in [1.807, 2.05) is 0 Å². The molecule has 1 rings (SSSR count). The van der Waals surface area contributed by atoms with E-state index in [4.69, 9.17) is 4.74 Å². The minimum atomic E-state index is 0.366. The summed E-state index contributed by atoms with van der Waals surface area (Å²) < 4.78 is 5.92. The third-order valence-corrected chi connectivity index (χ3v) is 3.68. The second kappa shape index (κ2) is 9.09. The summed E-state index contributed by atoms with van der Waals surface area (Å²) in [6, 6.07) is 0. The molecule has 1 atom stereocenters. The van der Waals surface area contributed by atoms with Gasteiger partial charge in [-0.15, -0.1) is 0 Å². The Labute approximate surface area is 132 Å². The number of likely N-dealkylation sites (N-methyl/N-ethyl adjacent to an activating group) is 1. The van der Waals surface area contributed by atoms with Crippen LogP contribution in [0.3, 0.4) is 0 Å². The molecule has 0 amide bonds. The van der Waals surface area contributed by atoms with Crippen molar-refractivity contribution in [3.8, 4) is 0 Å². The van der Waals surface area contributed by atoms with Crippen molar-refractivity contribution in [1.29, 1.82) is 0 Å². The van der Waals surface area contributed by atoms with Crippen molar-refractivity contribution in [1.82, 2.24) is 15.1 Å². The summed E-state index contributed by atoms with van der Waals surface area (Å²) in [5, 5.41) is 3.56. The lowest BCUT2D eigenvalue weighted by Gasteiger charge is -2.35. The molecular weight excluding hydrogens is 262 g/mol. The maximum Gasteiger partial charge on any atom is 0.0829 e. The highest BCUT2D eigenvalue weighted by Gasteiger charge is 2.21. The van der Waals surface area contributed by atoms with Crippen molar-refractivity contribution in [2.24, 2.45) is 11.3 Å². The van der Waals surface area contributed by atoms with E-state index in [0.29, 0.717) is 11.5 Å². The fourth-order valence-electron chi connectivity index (χ4n) is 2.84. The second-order valence-electron chi connectivity index (χ2n) is 8.15. The van der Waals surface area contributed by atoms with Gasteiger partial charge in [-0.3, -0.25) is 4.90 Å². The summed E-state index contributed by atoms with van der Waals surface area (Å²) in [5.41, 5.74) is 0.368. The van der Waals surface area contributed by atoms with Gasteiger partial charge in [0.2, 0.25) is 0 Å². The molecule has 0 unspecified atom stereocenters. The van der Waals surface area contributed by atoms with Gasteiger partial charge < -0.3 is 15.0 Å². The Kier molecular flexibility index (Phi) is 8.17. The average Bonchev–Trinajstić information content (AvgIpc) is 2.33. The lowest BCUT2D eigenvalue weighted by atomic mass is 9.97. The Morgan fingerprint density at radius 3 is 2.67 bits per heavy atom. The van der Waals surface area contributed by atoms with Crippen LogP contribution in [0.1, 0.15) is 34.6 Å². The van der Waals surface area contributed by atoms with Crippen LogP contribution >= 0.6 is 0 Å². The molecule has 1 heterocycles. The molecule has 0 aliphatic carbocycles. The molecule has 1 saturated heterocycles. The minimum Gasteiger partial charge on any atom is -0.374 e. The molecule has 0 radical (unpaired) electrons. The first-order chi connectivity index (χ1) is 9.76. The molecule has 21 heavy (non-hydrogen) atoms. The van der Waals surface area contributed by atoms with Crippen molar-refractivity contribution in [3.63, 3.8) is 0 Å². The quantitative estimate of drug-likeness (QED) is 0.693. The smallest absolute Gasteiger partial charge is 0.0829 e. The van der Waals surface area contributed by atoms with Gasteiger partial charge in [-0.1, -0.05) is 34.6 Å². The van der Waals surface area contributed by atoms with Crippen molar-refractivity contribution in [3.05, 3.63) is 0 Å². The predicted molar refractivity (Wildman–Crippen MR) is 90.8 cm³/mol. The van der Waals surface area contributed by atoms with Crippen LogP contribution in [-0.4, -0.2) is 75.4 Å². The number of hydrogen-bond donors (Lipinski definition) is 1. The van der Waals surface area contributed by atoms with Crippen molar-refractivity contribution in [2.75, 3.05) is 59.5 Å². The topological polar surface area (TPSA) is 27.7 Å². The summed E-state index contributed by atoms with van der Waals surface area (Å²) in [6.45, 7) is 19.8. The maximum absolute atomic E-state index is 5.92. The Morgan fingerprint density at radius 1 is 1.33 bits per heavy atom. The number of morpholine rings is 1. The van der Waals surface area contributed by atoms with E-state index in [9.17, 15) is 0 Å². The van der Waals surface area contributed by atoms with E-state index >= 15 is 0 Å². The third kappa shape index (κ3) is 9.46. The first-order valence-electron chi connectivity index (χ1n) is 8.49. The molecule has 126 valence electrons. The van der Waals surface area contributed by atoms with E-state index in [1.165, 1.54) is 0 Å². The van der Waals surface area contributed by atoms with Gasteiger partial charge in [0.15, 0.2) is 0 Å². The summed E-state index contributed by atoms with van der Waals surface area (Å²) in [5.74, 6) is 0.719. The fourth-order valence-corrected chi connectivity index (χ4v) is 2.84. The Hall–Kier alpha value is -0.160. The zero-order chi connectivity index (χ0) is 15.9. The molecular formula is C17H37N3O. The SMILES string of the molecule is CC(C)CN(C)C[C@H]1CN(CCNCC(C)(C)C)CCO1. The van der Waals surface area contributed by atoms with Crippen LogP contribution in [0.2, 0.25) is 0 Å². The molecule has 0 saturated carbocycles. The van der Waals surface area contributed by atoms with Gasteiger partial charge in [-0.05, 0) is 18.4 Å². The number of ether oxygens (including phenoxy) is 1. The molecule has 1 N–H and O–H groups in total. The molecule has 0 aromatic carbocycles. The van der Waals surface area contributed by atoms with E-state index < -0.39 is 0 Å². The van der Waals surface area contributed by atoms with Crippen molar-refractivity contribution < 1.29 is 4.74 Å². The first-order valence-corrected chi connectivity index (χ1v) is 8.49. The normalized spacial score (nSPS) is 21.4. The number of rotatable bonds is 8. The maximum atomic E-state index is 5.92. The van der Waals surface area contributed by atoms with Crippen molar-refractivity contribution >= 4 is 0 Å². The Bertz CT molecular complexity index is 276. The summed E-state index contributed by atoms with van der Waals surface area (Å²) in [6.07, 6.45) is 0.366. The summed E-state index contributed by atoms with van der Waals surface area (Å²) >= 11 is 0. The van der Waals surface area contributed by atoms with Crippen LogP contribution in [0, 0.1) is 11.3 Å². The van der Waals surface area contributed by atoms with Crippen LogP contribution in [0.15, 0.2) is 0 Å². The number of nitrogens with one attached hydrogen (secondary N) is 1. The van der Waals surface area contributed by atoms with Crippen LogP contribution in [0.5, 0.6) is 0 Å². The fraction of sp³-hybridized carbons (Fsp3) is 1.00. The Morgan fingerprint density at radius 2 is 2.05 bits per heavy atom. The summed E-state index contributed by atoms with van der Waals surface area (Å²) in [4.78, 5) is 4.93. The molecule has 0 bridgehead atoms. The second-order valence-corrected chi connectivity index (χ2v) is 8.15. The highest BCUT2D eigenvalue weighted by Crippen LogP contribution is 2.10. The molecule has 1 fully saturated rings. The number of nitrogens with zero attached hydrogens (tertiary/aromatic N) is 2. The highest BCUT2D eigenvalue weighted by atomic mass is 16.5. The van der Waals surface area contributed by atoms with Crippen molar-refractivity contribution in [2.45, 2.75) is 40.7 Å². The molecule has 1 aliphatic heterocycles. The van der Waals surface area contributed by atoms with Gasteiger partial charge in [0.1, 0.15) is 0 Å². The molecule has 0 aromatic heterocycles. The number of hydrogen-bond acceptors (Lipinski definition) is 4. The van der Waals surface area contributed by atoms with Gasteiger partial charge >= 0.3 is 0 Å². The van der Waals surface area contributed by atoms with Crippen LogP contribution in [0.25, 0.3) is 0 Å². The zero-order valence-corrected chi connectivity index (χ0v) is 15.1. The lowest BCUT2D eigenvalue weighted by molar-refractivity contribution is -0.0409. The van der Waals surface area contributed by atoms with Crippen LogP contribution < -0.4 is 5.32 Å². The largest absolute Gasteiger partial charge is 0.374 e.